The van der Waals surface area contributed by atoms with Gasteiger partial charge in [0.15, 0.2) is 11.6 Å². The van der Waals surface area contributed by atoms with Crippen molar-refractivity contribution in [3.8, 4) is 5.75 Å². The third-order valence-corrected chi connectivity index (χ3v) is 2.51. The molecular formula is C10H10BrFO3. The molecule has 0 saturated heterocycles. The van der Waals surface area contributed by atoms with Gasteiger partial charge in [0, 0.05) is 5.33 Å². The summed E-state index contributed by atoms with van der Waals surface area (Å²) in [7, 11) is 2.54. The maximum absolute atomic E-state index is 13.4. The van der Waals surface area contributed by atoms with E-state index in [4.69, 9.17) is 4.74 Å². The second-order valence-corrected chi connectivity index (χ2v) is 3.34. The van der Waals surface area contributed by atoms with Crippen LogP contribution in [0.15, 0.2) is 12.1 Å². The lowest BCUT2D eigenvalue weighted by Gasteiger charge is -2.09. The van der Waals surface area contributed by atoms with Gasteiger partial charge in [-0.15, -0.1) is 0 Å². The number of alkyl halides is 1. The molecule has 0 bridgehead atoms. The summed E-state index contributed by atoms with van der Waals surface area (Å²) in [5, 5.41) is 0.456. The summed E-state index contributed by atoms with van der Waals surface area (Å²) in [5.41, 5.74) is 0.739. The first kappa shape index (κ1) is 12.0. The molecular weight excluding hydrogens is 267 g/mol. The molecule has 0 saturated carbocycles. The van der Waals surface area contributed by atoms with Gasteiger partial charge in [-0.05, 0) is 17.7 Å². The van der Waals surface area contributed by atoms with E-state index in [-0.39, 0.29) is 11.3 Å². The molecule has 0 aromatic heterocycles. The van der Waals surface area contributed by atoms with Gasteiger partial charge >= 0.3 is 5.97 Å². The summed E-state index contributed by atoms with van der Waals surface area (Å²) >= 11 is 3.18. The Labute approximate surface area is 95.3 Å². The van der Waals surface area contributed by atoms with Crippen LogP contribution in [0.5, 0.6) is 5.75 Å². The zero-order valence-electron chi connectivity index (χ0n) is 8.34. The molecule has 0 unspecified atom stereocenters. The van der Waals surface area contributed by atoms with E-state index >= 15 is 0 Å². The molecule has 15 heavy (non-hydrogen) atoms. The van der Waals surface area contributed by atoms with Gasteiger partial charge in [0.2, 0.25) is 0 Å². The van der Waals surface area contributed by atoms with Gasteiger partial charge < -0.3 is 9.47 Å². The van der Waals surface area contributed by atoms with Gasteiger partial charge in [-0.1, -0.05) is 15.9 Å². The van der Waals surface area contributed by atoms with Crippen LogP contribution in [0.25, 0.3) is 0 Å². The zero-order chi connectivity index (χ0) is 11.4. The maximum Gasteiger partial charge on any atom is 0.341 e. The van der Waals surface area contributed by atoms with Gasteiger partial charge in [0.05, 0.1) is 14.2 Å². The van der Waals surface area contributed by atoms with Crippen LogP contribution in [0.4, 0.5) is 4.39 Å². The summed E-state index contributed by atoms with van der Waals surface area (Å²) in [4.78, 5) is 11.3. The van der Waals surface area contributed by atoms with Gasteiger partial charge in [-0.3, -0.25) is 0 Å². The minimum Gasteiger partial charge on any atom is -0.493 e. The Morgan fingerprint density at radius 2 is 2.13 bits per heavy atom. The molecule has 0 amide bonds. The van der Waals surface area contributed by atoms with E-state index in [1.807, 2.05) is 0 Å². The number of hydrogen-bond acceptors (Lipinski definition) is 3. The number of ether oxygens (including phenoxy) is 2. The highest BCUT2D eigenvalue weighted by atomic mass is 79.9. The van der Waals surface area contributed by atoms with Crippen molar-refractivity contribution < 1.29 is 18.7 Å². The zero-order valence-corrected chi connectivity index (χ0v) is 9.93. The molecule has 1 rings (SSSR count). The van der Waals surface area contributed by atoms with Crippen LogP contribution in [0.1, 0.15) is 15.9 Å². The Hall–Kier alpha value is -1.10. The van der Waals surface area contributed by atoms with Crippen molar-refractivity contribution in [2.75, 3.05) is 14.2 Å². The second-order valence-electron chi connectivity index (χ2n) is 2.78. The molecule has 0 aliphatic rings. The Bertz CT molecular complexity index is 379. The largest absolute Gasteiger partial charge is 0.493 e. The SMILES string of the molecule is COC(=O)c1cc(CBr)cc(F)c1OC. The molecule has 0 atom stereocenters. The lowest BCUT2D eigenvalue weighted by atomic mass is 10.1. The molecule has 1 aromatic rings. The van der Waals surface area contributed by atoms with Crippen molar-refractivity contribution in [1.29, 1.82) is 0 Å². The summed E-state index contributed by atoms with van der Waals surface area (Å²) in [6.07, 6.45) is 0. The molecule has 3 nitrogen and oxygen atoms in total. The van der Waals surface area contributed by atoms with Crippen molar-refractivity contribution in [3.63, 3.8) is 0 Å². The Balaban J connectivity index is 3.32. The van der Waals surface area contributed by atoms with E-state index in [1.165, 1.54) is 26.4 Å². The summed E-state index contributed by atoms with van der Waals surface area (Å²) in [6, 6.07) is 2.84. The van der Waals surface area contributed by atoms with E-state index in [0.717, 1.165) is 0 Å². The third-order valence-electron chi connectivity index (χ3n) is 1.87. The van der Waals surface area contributed by atoms with E-state index in [1.54, 1.807) is 0 Å². The Morgan fingerprint density at radius 1 is 1.47 bits per heavy atom. The van der Waals surface area contributed by atoms with Crippen molar-refractivity contribution >= 4 is 21.9 Å². The topological polar surface area (TPSA) is 35.5 Å². The lowest BCUT2D eigenvalue weighted by molar-refractivity contribution is 0.0596. The van der Waals surface area contributed by atoms with Crippen LogP contribution in [-0.4, -0.2) is 20.2 Å². The molecule has 0 aliphatic heterocycles. The molecule has 0 aliphatic carbocycles. The van der Waals surface area contributed by atoms with E-state index < -0.39 is 11.8 Å². The minimum atomic E-state index is -0.617. The quantitative estimate of drug-likeness (QED) is 0.629. The van der Waals surface area contributed by atoms with Gasteiger partial charge in [0.25, 0.3) is 0 Å². The van der Waals surface area contributed by atoms with Crippen molar-refractivity contribution in [1.82, 2.24) is 0 Å². The number of carbonyl (C=O) groups excluding carboxylic acids is 1. The standard InChI is InChI=1S/C10H10BrFO3/c1-14-9-7(10(13)15-2)3-6(5-11)4-8(9)12/h3-4H,5H2,1-2H3. The fourth-order valence-corrected chi connectivity index (χ4v) is 1.52. The number of benzene rings is 1. The van der Waals surface area contributed by atoms with E-state index in [0.29, 0.717) is 10.9 Å². The molecule has 82 valence electrons. The molecule has 0 N–H and O–H groups in total. The van der Waals surface area contributed by atoms with Crippen LogP contribution >= 0.6 is 15.9 Å². The van der Waals surface area contributed by atoms with Crippen molar-refractivity contribution in [2.45, 2.75) is 5.33 Å². The highest BCUT2D eigenvalue weighted by Gasteiger charge is 2.17. The first-order valence-corrected chi connectivity index (χ1v) is 5.26. The molecule has 5 heteroatoms. The van der Waals surface area contributed by atoms with Gasteiger partial charge in [-0.2, -0.15) is 0 Å². The molecule has 0 radical (unpaired) electrons. The van der Waals surface area contributed by atoms with Crippen molar-refractivity contribution in [2.24, 2.45) is 0 Å². The molecule has 0 spiro atoms. The lowest BCUT2D eigenvalue weighted by Crippen LogP contribution is -2.06. The average molecular weight is 277 g/mol. The maximum atomic E-state index is 13.4. The molecule has 0 heterocycles. The number of methoxy groups -OCH3 is 2. The predicted octanol–water partition coefficient (Wildman–Crippen LogP) is 2.52. The van der Waals surface area contributed by atoms with E-state index in [9.17, 15) is 9.18 Å². The summed E-state index contributed by atoms with van der Waals surface area (Å²) in [5.74, 6) is -1.28. The van der Waals surface area contributed by atoms with Crippen LogP contribution in [0.3, 0.4) is 0 Å². The fraction of sp³-hybridized carbons (Fsp3) is 0.300. The Kier molecular flexibility index (Phi) is 4.08. The predicted molar refractivity (Wildman–Crippen MR) is 56.9 cm³/mol. The number of esters is 1. The summed E-state index contributed by atoms with van der Waals surface area (Å²) in [6.45, 7) is 0. The second kappa shape index (κ2) is 5.11. The number of carbonyl (C=O) groups is 1. The molecule has 1 aromatic carbocycles. The number of halogens is 2. The summed E-state index contributed by atoms with van der Waals surface area (Å²) < 4.78 is 22.8. The van der Waals surface area contributed by atoms with Crippen LogP contribution in [0.2, 0.25) is 0 Å². The minimum absolute atomic E-state index is 0.0912. The normalized spacial score (nSPS) is 9.87. The average Bonchev–Trinajstić information content (AvgIpc) is 2.26. The monoisotopic (exact) mass is 276 g/mol. The van der Waals surface area contributed by atoms with Gasteiger partial charge in [0.1, 0.15) is 5.56 Å². The van der Waals surface area contributed by atoms with E-state index in [2.05, 4.69) is 20.7 Å². The smallest absolute Gasteiger partial charge is 0.341 e. The highest BCUT2D eigenvalue weighted by molar-refractivity contribution is 9.08. The third kappa shape index (κ3) is 2.47. The van der Waals surface area contributed by atoms with Gasteiger partial charge in [-0.25, -0.2) is 9.18 Å². The van der Waals surface area contributed by atoms with Crippen molar-refractivity contribution in [3.05, 3.63) is 29.1 Å². The molecule has 0 fully saturated rings. The Morgan fingerprint density at radius 3 is 2.60 bits per heavy atom. The number of rotatable bonds is 3. The first-order valence-electron chi connectivity index (χ1n) is 4.14. The number of hydrogen-bond donors (Lipinski definition) is 0. The first-order chi connectivity index (χ1) is 7.13. The fourth-order valence-electron chi connectivity index (χ4n) is 1.20. The highest BCUT2D eigenvalue weighted by Crippen LogP contribution is 2.26. The van der Waals surface area contributed by atoms with Crippen LogP contribution < -0.4 is 4.74 Å². The van der Waals surface area contributed by atoms with Crippen LogP contribution in [0, 0.1) is 5.82 Å². The van der Waals surface area contributed by atoms with Crippen LogP contribution in [-0.2, 0) is 10.1 Å².